The van der Waals surface area contributed by atoms with E-state index >= 15 is 4.57 Å². The first kappa shape index (κ1) is 24.4. The molecule has 43 heavy (non-hydrogen) atoms. The summed E-state index contributed by atoms with van der Waals surface area (Å²) in [7, 11) is -3.39. The van der Waals surface area contributed by atoms with Crippen molar-refractivity contribution in [2.24, 2.45) is 0 Å². The molecule has 7 aromatic carbocycles. The molecule has 0 radical (unpaired) electrons. The molecule has 0 fully saturated rings. The third-order valence-corrected chi connectivity index (χ3v) is 12.0. The van der Waals surface area contributed by atoms with Gasteiger partial charge in [0, 0.05) is 26.7 Å². The quantitative estimate of drug-likeness (QED) is 0.158. The molecule has 9 rings (SSSR count). The first-order chi connectivity index (χ1) is 21.2. The maximum absolute atomic E-state index is 16.3. The van der Waals surface area contributed by atoms with Gasteiger partial charge in [0.1, 0.15) is 5.65 Å². The second kappa shape index (κ2) is 9.13. The highest BCUT2D eigenvalue weighted by Crippen LogP contribution is 2.47. The molecule has 0 N–H and O–H groups in total. The maximum Gasteiger partial charge on any atom is 0.172 e. The molecule has 0 bridgehead atoms. The van der Waals surface area contributed by atoms with Crippen molar-refractivity contribution in [3.8, 4) is 0 Å². The van der Waals surface area contributed by atoms with Gasteiger partial charge in [0.05, 0.1) is 16.6 Å². The van der Waals surface area contributed by atoms with Crippen molar-refractivity contribution in [1.82, 2.24) is 9.38 Å². The highest BCUT2D eigenvalue weighted by Gasteiger charge is 2.33. The van der Waals surface area contributed by atoms with Crippen molar-refractivity contribution in [2.45, 2.75) is 0 Å². The van der Waals surface area contributed by atoms with E-state index in [9.17, 15) is 0 Å². The standard InChI is InChI=1S/C39H25N2OP/c42-43(37-21-9-13-26-11-1-3-15-29(26)37,38-22-10-14-27-12-2-4-16-30(27)38)28-23-24-32-31-17-5-6-18-33(31)39-40-34-19-7-8-20-35(34)41(39)36(32)25-28/h1-25H. The Bertz CT molecular complexity index is 2520. The molecule has 0 atom stereocenters. The van der Waals surface area contributed by atoms with Crippen molar-refractivity contribution in [1.29, 1.82) is 0 Å². The van der Waals surface area contributed by atoms with Crippen LogP contribution in [-0.2, 0) is 4.57 Å². The van der Waals surface area contributed by atoms with E-state index in [-0.39, 0.29) is 0 Å². The van der Waals surface area contributed by atoms with E-state index in [1.54, 1.807) is 0 Å². The van der Waals surface area contributed by atoms with Crippen LogP contribution in [-0.4, -0.2) is 9.38 Å². The molecule has 0 spiro atoms. The van der Waals surface area contributed by atoms with Crippen LogP contribution in [0.1, 0.15) is 0 Å². The molecule has 0 aliphatic heterocycles. The molecule has 9 aromatic rings. The van der Waals surface area contributed by atoms with Gasteiger partial charge in [-0.2, -0.15) is 0 Å². The normalized spacial score (nSPS) is 12.3. The van der Waals surface area contributed by atoms with E-state index < -0.39 is 7.14 Å². The lowest BCUT2D eigenvalue weighted by Gasteiger charge is -2.24. The lowest BCUT2D eigenvalue weighted by atomic mass is 10.1. The summed E-state index contributed by atoms with van der Waals surface area (Å²) in [6.07, 6.45) is 0. The van der Waals surface area contributed by atoms with Crippen LogP contribution >= 0.6 is 7.14 Å². The average molecular weight is 569 g/mol. The molecule has 4 heteroatoms. The van der Waals surface area contributed by atoms with Crippen LogP contribution in [0.25, 0.3) is 59.9 Å². The highest BCUT2D eigenvalue weighted by molar-refractivity contribution is 7.86. The summed E-state index contributed by atoms with van der Waals surface area (Å²) in [5.74, 6) is 0. The van der Waals surface area contributed by atoms with Crippen molar-refractivity contribution < 1.29 is 4.57 Å². The van der Waals surface area contributed by atoms with Gasteiger partial charge < -0.3 is 4.57 Å². The SMILES string of the molecule is O=P(c1ccc2c3ccccc3c3nc4ccccc4n3c2c1)(c1cccc2ccccc12)c1cccc2ccccc12. The van der Waals surface area contributed by atoms with Gasteiger partial charge >= 0.3 is 0 Å². The number of aromatic nitrogens is 2. The van der Waals surface area contributed by atoms with Gasteiger partial charge in [0.25, 0.3) is 0 Å². The Morgan fingerprint density at radius 1 is 0.465 bits per heavy atom. The van der Waals surface area contributed by atoms with Crippen LogP contribution in [0.15, 0.2) is 152 Å². The number of hydrogen-bond acceptors (Lipinski definition) is 2. The maximum atomic E-state index is 16.3. The van der Waals surface area contributed by atoms with Crippen molar-refractivity contribution in [3.05, 3.63) is 152 Å². The second-order valence-corrected chi connectivity index (χ2v) is 13.8. The molecule has 0 unspecified atom stereocenters. The van der Waals surface area contributed by atoms with E-state index in [0.29, 0.717) is 0 Å². The van der Waals surface area contributed by atoms with E-state index in [4.69, 9.17) is 4.98 Å². The molecule has 0 aliphatic rings. The molecule has 0 saturated heterocycles. The Morgan fingerprint density at radius 3 is 1.72 bits per heavy atom. The summed E-state index contributed by atoms with van der Waals surface area (Å²) in [6.45, 7) is 0. The molecule has 0 amide bonds. The van der Waals surface area contributed by atoms with E-state index in [0.717, 1.165) is 75.8 Å². The van der Waals surface area contributed by atoms with Crippen molar-refractivity contribution in [2.75, 3.05) is 0 Å². The van der Waals surface area contributed by atoms with Gasteiger partial charge in [-0.3, -0.25) is 4.40 Å². The van der Waals surface area contributed by atoms with Crippen molar-refractivity contribution in [3.63, 3.8) is 0 Å². The molecular weight excluding hydrogens is 543 g/mol. The molecule has 0 saturated carbocycles. The number of hydrogen-bond donors (Lipinski definition) is 0. The van der Waals surface area contributed by atoms with Crippen LogP contribution in [0.3, 0.4) is 0 Å². The smallest absolute Gasteiger partial charge is 0.172 e. The van der Waals surface area contributed by atoms with E-state index in [1.165, 1.54) is 0 Å². The number of imidazole rings is 1. The average Bonchev–Trinajstić information content (AvgIpc) is 3.47. The Balaban J connectivity index is 1.47. The third-order valence-electron chi connectivity index (χ3n) is 8.82. The fourth-order valence-electron chi connectivity index (χ4n) is 6.87. The fraction of sp³-hybridized carbons (Fsp3) is 0. The number of nitrogens with zero attached hydrogens (tertiary/aromatic N) is 2. The summed E-state index contributed by atoms with van der Waals surface area (Å²) < 4.78 is 18.5. The number of benzene rings is 7. The summed E-state index contributed by atoms with van der Waals surface area (Å²) in [5.41, 5.74) is 3.89. The Labute approximate surface area is 248 Å². The summed E-state index contributed by atoms with van der Waals surface area (Å²) in [4.78, 5) is 5.08. The van der Waals surface area contributed by atoms with E-state index in [2.05, 4.69) is 114 Å². The van der Waals surface area contributed by atoms with Crippen LogP contribution in [0.2, 0.25) is 0 Å². The van der Waals surface area contributed by atoms with Crippen LogP contribution < -0.4 is 15.9 Å². The molecule has 2 heterocycles. The van der Waals surface area contributed by atoms with Gasteiger partial charge in [0.2, 0.25) is 0 Å². The number of fused-ring (bicyclic) bond motifs is 10. The minimum Gasteiger partial charge on any atom is -0.309 e. The fourth-order valence-corrected chi connectivity index (χ4v) is 9.95. The number of pyridine rings is 1. The van der Waals surface area contributed by atoms with Gasteiger partial charge in [-0.05, 0) is 45.1 Å². The molecule has 202 valence electrons. The van der Waals surface area contributed by atoms with Crippen LogP contribution in [0, 0.1) is 0 Å². The Morgan fingerprint density at radius 2 is 1.02 bits per heavy atom. The first-order valence-corrected chi connectivity index (χ1v) is 16.2. The minimum absolute atomic E-state index is 0.807. The zero-order valence-corrected chi connectivity index (χ0v) is 24.1. The van der Waals surface area contributed by atoms with Gasteiger partial charge in [0.15, 0.2) is 7.14 Å². The van der Waals surface area contributed by atoms with Gasteiger partial charge in [-0.25, -0.2) is 4.98 Å². The lowest BCUT2D eigenvalue weighted by Crippen LogP contribution is -2.26. The van der Waals surface area contributed by atoms with Crippen LogP contribution in [0.5, 0.6) is 0 Å². The molecule has 2 aromatic heterocycles. The number of para-hydroxylation sites is 2. The lowest BCUT2D eigenvalue weighted by molar-refractivity contribution is 0.593. The Kier molecular flexibility index (Phi) is 5.17. The highest BCUT2D eigenvalue weighted by atomic mass is 31.2. The van der Waals surface area contributed by atoms with Gasteiger partial charge in [-0.1, -0.05) is 133 Å². The summed E-state index contributed by atoms with van der Waals surface area (Å²) in [6, 6.07) is 52.0. The largest absolute Gasteiger partial charge is 0.309 e. The van der Waals surface area contributed by atoms with Crippen molar-refractivity contribution >= 4 is 83.0 Å². The topological polar surface area (TPSA) is 34.4 Å². The first-order valence-electron chi connectivity index (χ1n) is 14.5. The molecule has 3 nitrogen and oxygen atoms in total. The summed E-state index contributed by atoms with van der Waals surface area (Å²) in [5, 5.41) is 10.0. The van der Waals surface area contributed by atoms with E-state index in [1.807, 2.05) is 42.5 Å². The van der Waals surface area contributed by atoms with Crippen LogP contribution in [0.4, 0.5) is 0 Å². The predicted molar refractivity (Wildman–Crippen MR) is 182 cm³/mol. The monoisotopic (exact) mass is 568 g/mol. The van der Waals surface area contributed by atoms with Gasteiger partial charge in [-0.15, -0.1) is 0 Å². The number of rotatable bonds is 3. The Hall–Kier alpha value is -5.24. The third kappa shape index (κ3) is 3.43. The minimum atomic E-state index is -3.39. The zero-order chi connectivity index (χ0) is 28.5. The zero-order valence-electron chi connectivity index (χ0n) is 23.2. The second-order valence-electron chi connectivity index (χ2n) is 11.1. The molecular formula is C39H25N2OP. The summed E-state index contributed by atoms with van der Waals surface area (Å²) >= 11 is 0. The predicted octanol–water partition coefficient (Wildman–Crippen LogP) is 8.74. The molecule has 0 aliphatic carbocycles.